The first-order valence-corrected chi connectivity index (χ1v) is 11.2. The molecule has 0 unspecified atom stereocenters. The van der Waals surface area contributed by atoms with Crippen LogP contribution in [0.2, 0.25) is 0 Å². The number of rotatable bonds is 6. The number of nitrogens with zero attached hydrogens (tertiary/aromatic N) is 2. The van der Waals surface area contributed by atoms with Crippen LogP contribution < -0.4 is 20.3 Å². The quantitative estimate of drug-likeness (QED) is 0.578. The fourth-order valence-corrected chi connectivity index (χ4v) is 4.76. The number of carbonyl (C=O) groups excluding carboxylic acids is 2. The Labute approximate surface area is 185 Å². The molecule has 2 aromatic carbocycles. The number of amides is 2. The molecule has 2 N–H and O–H groups in total. The summed E-state index contributed by atoms with van der Waals surface area (Å²) < 4.78 is 6.46. The Morgan fingerprint density at radius 2 is 1.77 bits per heavy atom. The van der Waals surface area contributed by atoms with Gasteiger partial charge in [-0.25, -0.2) is 4.98 Å². The molecule has 1 aliphatic rings. The molecule has 0 aliphatic carbocycles. The predicted octanol–water partition coefficient (Wildman–Crippen LogP) is 2.95. The first-order valence-electron chi connectivity index (χ1n) is 10.4. The fourth-order valence-electron chi connectivity index (χ4n) is 3.75. The summed E-state index contributed by atoms with van der Waals surface area (Å²) in [4.78, 5) is 31.3. The Bertz CT molecular complexity index is 1030. The lowest BCUT2D eigenvalue weighted by atomic mass is 9.97. The van der Waals surface area contributed by atoms with Gasteiger partial charge in [0.2, 0.25) is 0 Å². The first-order chi connectivity index (χ1) is 15.1. The Morgan fingerprint density at radius 3 is 2.55 bits per heavy atom. The molecule has 0 radical (unpaired) electrons. The molecule has 8 heteroatoms. The molecule has 1 aliphatic heterocycles. The normalized spacial score (nSPS) is 14.4. The summed E-state index contributed by atoms with van der Waals surface area (Å²) >= 11 is 1.72. The van der Waals surface area contributed by atoms with Crippen molar-refractivity contribution >= 4 is 38.5 Å². The van der Waals surface area contributed by atoms with Gasteiger partial charge in [-0.15, -0.1) is 0 Å². The van der Waals surface area contributed by atoms with E-state index in [-0.39, 0.29) is 6.54 Å². The Kier molecular flexibility index (Phi) is 6.66. The van der Waals surface area contributed by atoms with Gasteiger partial charge in [0.1, 0.15) is 5.75 Å². The molecule has 0 saturated carbocycles. The monoisotopic (exact) mass is 438 g/mol. The molecular weight excluding hydrogens is 412 g/mol. The fraction of sp³-hybridized carbons (Fsp3) is 0.348. The van der Waals surface area contributed by atoms with Gasteiger partial charge >= 0.3 is 11.8 Å². The van der Waals surface area contributed by atoms with Crippen molar-refractivity contribution in [2.75, 3.05) is 31.6 Å². The molecule has 1 aromatic heterocycles. The average molecular weight is 439 g/mol. The van der Waals surface area contributed by atoms with Crippen molar-refractivity contribution in [3.63, 3.8) is 0 Å². The van der Waals surface area contributed by atoms with Crippen molar-refractivity contribution in [1.29, 1.82) is 0 Å². The average Bonchev–Trinajstić information content (AvgIpc) is 3.25. The van der Waals surface area contributed by atoms with Crippen molar-refractivity contribution in [3.05, 3.63) is 54.1 Å². The van der Waals surface area contributed by atoms with Gasteiger partial charge < -0.3 is 20.3 Å². The molecule has 162 valence electrons. The summed E-state index contributed by atoms with van der Waals surface area (Å²) in [6.07, 6.45) is 1.91. The lowest BCUT2D eigenvalue weighted by Crippen LogP contribution is -2.43. The van der Waals surface area contributed by atoms with E-state index in [0.29, 0.717) is 18.2 Å². The number of para-hydroxylation sites is 2. The van der Waals surface area contributed by atoms with Gasteiger partial charge in [0, 0.05) is 31.7 Å². The molecule has 0 spiro atoms. The summed E-state index contributed by atoms with van der Waals surface area (Å²) in [5.74, 6) is -0.180. The third-order valence-corrected chi connectivity index (χ3v) is 6.65. The van der Waals surface area contributed by atoms with E-state index >= 15 is 0 Å². The van der Waals surface area contributed by atoms with Crippen molar-refractivity contribution in [2.45, 2.75) is 19.4 Å². The van der Waals surface area contributed by atoms with Crippen LogP contribution in [0.15, 0.2) is 48.5 Å². The van der Waals surface area contributed by atoms with E-state index in [1.165, 1.54) is 4.70 Å². The largest absolute Gasteiger partial charge is 0.496 e. The van der Waals surface area contributed by atoms with Crippen LogP contribution in [0.5, 0.6) is 5.75 Å². The zero-order valence-electron chi connectivity index (χ0n) is 17.5. The Balaban J connectivity index is 1.21. The molecule has 1 fully saturated rings. The smallest absolute Gasteiger partial charge is 0.309 e. The molecule has 3 aromatic rings. The maximum atomic E-state index is 12.2. The van der Waals surface area contributed by atoms with Gasteiger partial charge in [-0.3, -0.25) is 9.59 Å². The lowest BCUT2D eigenvalue weighted by molar-refractivity contribution is -0.139. The number of hydrogen-bond acceptors (Lipinski definition) is 6. The van der Waals surface area contributed by atoms with E-state index in [0.717, 1.165) is 42.1 Å². The van der Waals surface area contributed by atoms with E-state index < -0.39 is 11.8 Å². The third kappa shape index (κ3) is 5.14. The van der Waals surface area contributed by atoms with Crippen LogP contribution in [-0.4, -0.2) is 43.5 Å². The van der Waals surface area contributed by atoms with Gasteiger partial charge in [-0.2, -0.15) is 0 Å². The summed E-state index contributed by atoms with van der Waals surface area (Å²) in [5, 5.41) is 6.49. The van der Waals surface area contributed by atoms with Crippen LogP contribution >= 0.6 is 11.3 Å². The number of ether oxygens (including phenoxy) is 1. The second-order valence-corrected chi connectivity index (χ2v) is 8.61. The van der Waals surface area contributed by atoms with Crippen LogP contribution in [0.3, 0.4) is 0 Å². The van der Waals surface area contributed by atoms with Crippen molar-refractivity contribution in [1.82, 2.24) is 15.6 Å². The van der Waals surface area contributed by atoms with Gasteiger partial charge in [-0.05, 0) is 37.0 Å². The molecule has 0 atom stereocenters. The number of thiazole rings is 1. The topological polar surface area (TPSA) is 83.6 Å². The predicted molar refractivity (Wildman–Crippen MR) is 122 cm³/mol. The minimum atomic E-state index is -0.627. The zero-order chi connectivity index (χ0) is 21.6. The van der Waals surface area contributed by atoms with E-state index in [2.05, 4.69) is 21.6 Å². The van der Waals surface area contributed by atoms with Crippen LogP contribution in [0.25, 0.3) is 10.2 Å². The second kappa shape index (κ2) is 9.78. The van der Waals surface area contributed by atoms with Crippen LogP contribution in [-0.2, 0) is 16.1 Å². The maximum Gasteiger partial charge on any atom is 0.309 e. The highest BCUT2D eigenvalue weighted by molar-refractivity contribution is 7.22. The number of methoxy groups -OCH3 is 1. The van der Waals surface area contributed by atoms with Crippen LogP contribution in [0.1, 0.15) is 18.4 Å². The number of carbonyl (C=O) groups is 2. The van der Waals surface area contributed by atoms with E-state index in [4.69, 9.17) is 9.72 Å². The highest BCUT2D eigenvalue weighted by Gasteiger charge is 2.23. The van der Waals surface area contributed by atoms with Crippen molar-refractivity contribution in [2.24, 2.45) is 5.92 Å². The summed E-state index contributed by atoms with van der Waals surface area (Å²) in [5.41, 5.74) is 1.87. The molecule has 2 amide bonds. The summed E-state index contributed by atoms with van der Waals surface area (Å²) in [7, 11) is 1.58. The minimum absolute atomic E-state index is 0.247. The molecule has 31 heavy (non-hydrogen) atoms. The molecular formula is C23H26N4O3S. The SMILES string of the molecule is COc1ccccc1CNC(=O)C(=O)NCC1CCN(c2nc3ccccc3s2)CC1. The number of anilines is 1. The third-order valence-electron chi connectivity index (χ3n) is 5.56. The van der Waals surface area contributed by atoms with E-state index in [1.54, 1.807) is 18.4 Å². The van der Waals surface area contributed by atoms with Gasteiger partial charge in [-0.1, -0.05) is 41.7 Å². The standard InChI is InChI=1S/C23H26N4O3S/c1-30-19-8-4-2-6-17(19)15-25-22(29)21(28)24-14-16-10-12-27(13-11-16)23-26-18-7-3-5-9-20(18)31-23/h2-9,16H,10-15H2,1H3,(H,24,28)(H,25,29). The number of nitrogens with one attached hydrogen (secondary N) is 2. The summed E-state index contributed by atoms with van der Waals surface area (Å²) in [6.45, 7) is 2.56. The zero-order valence-corrected chi connectivity index (χ0v) is 18.3. The maximum absolute atomic E-state index is 12.2. The van der Waals surface area contributed by atoms with Gasteiger partial charge in [0.25, 0.3) is 0 Å². The van der Waals surface area contributed by atoms with Crippen LogP contribution in [0, 0.1) is 5.92 Å². The number of benzene rings is 2. The van der Waals surface area contributed by atoms with Gasteiger partial charge in [0.15, 0.2) is 5.13 Å². The number of aromatic nitrogens is 1. The molecule has 1 saturated heterocycles. The highest BCUT2D eigenvalue weighted by Crippen LogP contribution is 2.31. The van der Waals surface area contributed by atoms with E-state index in [1.807, 2.05) is 42.5 Å². The number of piperidine rings is 1. The van der Waals surface area contributed by atoms with E-state index in [9.17, 15) is 9.59 Å². The van der Waals surface area contributed by atoms with Crippen LogP contribution in [0.4, 0.5) is 5.13 Å². The van der Waals surface area contributed by atoms with Crippen molar-refractivity contribution in [3.8, 4) is 5.75 Å². The molecule has 7 nitrogen and oxygen atoms in total. The molecule has 0 bridgehead atoms. The first kappa shape index (κ1) is 21.1. The lowest BCUT2D eigenvalue weighted by Gasteiger charge is -2.31. The number of hydrogen-bond donors (Lipinski definition) is 2. The minimum Gasteiger partial charge on any atom is -0.496 e. The number of fused-ring (bicyclic) bond motifs is 1. The molecule has 4 rings (SSSR count). The second-order valence-electron chi connectivity index (χ2n) is 7.60. The van der Waals surface area contributed by atoms with Gasteiger partial charge in [0.05, 0.1) is 17.3 Å². The Hall–Kier alpha value is -3.13. The molecule has 2 heterocycles. The Morgan fingerprint density at radius 1 is 1.06 bits per heavy atom. The summed E-state index contributed by atoms with van der Waals surface area (Å²) in [6, 6.07) is 15.6. The highest BCUT2D eigenvalue weighted by atomic mass is 32.1. The van der Waals surface area contributed by atoms with Crippen molar-refractivity contribution < 1.29 is 14.3 Å².